The Kier molecular flexibility index (Phi) is 13.4. The maximum Gasteiger partial charge on any atom is 0.417 e. The van der Waals surface area contributed by atoms with E-state index in [0.717, 1.165) is 68.1 Å². The van der Waals surface area contributed by atoms with Crippen molar-refractivity contribution in [1.29, 1.82) is 0 Å². The van der Waals surface area contributed by atoms with Crippen LogP contribution in [0.1, 0.15) is 63.1 Å². The largest absolute Gasteiger partial charge is 0.420 e. The van der Waals surface area contributed by atoms with Gasteiger partial charge in [-0.2, -0.15) is 38.8 Å². The number of anilines is 2. The normalized spacial score (nSPS) is 13.2. The Morgan fingerprint density at radius 2 is 1.55 bits per heavy atom. The highest BCUT2D eigenvalue weighted by Gasteiger charge is 2.33. The van der Waals surface area contributed by atoms with E-state index in [9.17, 15) is 49.5 Å². The molecule has 4 aromatic rings. The molecule has 8 nitrogen and oxygen atoms in total. The molecule has 55 heavy (non-hydrogen) atoms. The number of hydrogen-bond donors (Lipinski definition) is 2. The lowest BCUT2D eigenvalue weighted by Gasteiger charge is -2.29. The number of nitrogens with zero attached hydrogens (tertiary/aromatic N) is 2. The van der Waals surface area contributed by atoms with Gasteiger partial charge in [-0.15, -0.1) is 0 Å². The molecular weight excluding hydrogens is 784 g/mol. The molecule has 0 aliphatic carbocycles. The maximum atomic E-state index is 13.8. The van der Waals surface area contributed by atoms with E-state index >= 15 is 0 Å². The fraction of sp³-hybridized carbons (Fsp3) is 0.243. The molecule has 0 aromatic heterocycles. The van der Waals surface area contributed by atoms with Gasteiger partial charge in [0.1, 0.15) is 0 Å². The second-order valence-electron chi connectivity index (χ2n) is 12.0. The molecule has 290 valence electrons. The third kappa shape index (κ3) is 10.3. The van der Waals surface area contributed by atoms with Crippen LogP contribution in [0.4, 0.5) is 46.5 Å². The number of carbonyl (C=O) groups excluding carboxylic acids is 3. The Balaban J connectivity index is 1.24. The number of nitrogens with one attached hydrogen (secondary N) is 2. The van der Waals surface area contributed by atoms with Crippen molar-refractivity contribution in [2.75, 3.05) is 29.1 Å². The molecule has 2 N–H and O–H groups in total. The number of halogens is 9. The third-order valence-electron chi connectivity index (χ3n) is 8.19. The van der Waals surface area contributed by atoms with Crippen molar-refractivity contribution in [3.63, 3.8) is 0 Å². The Morgan fingerprint density at radius 1 is 0.855 bits per heavy atom. The minimum absolute atomic E-state index is 0.0229. The van der Waals surface area contributed by atoms with Gasteiger partial charge in [0.25, 0.3) is 11.8 Å². The number of hydrazone groups is 1. The summed E-state index contributed by atoms with van der Waals surface area (Å²) in [7, 11) is 0. The van der Waals surface area contributed by atoms with E-state index in [-0.39, 0.29) is 33.9 Å². The summed E-state index contributed by atoms with van der Waals surface area (Å²) in [6, 6.07) is 14.4. The van der Waals surface area contributed by atoms with Crippen molar-refractivity contribution in [3.8, 4) is 5.75 Å². The van der Waals surface area contributed by atoms with Crippen molar-refractivity contribution < 1.29 is 54.2 Å². The molecule has 0 spiro atoms. The van der Waals surface area contributed by atoms with Crippen LogP contribution in [-0.4, -0.2) is 42.8 Å². The van der Waals surface area contributed by atoms with Gasteiger partial charge in [0.05, 0.1) is 34.5 Å². The number of esters is 1. The maximum absolute atomic E-state index is 13.8. The number of amides is 2. The predicted molar refractivity (Wildman–Crippen MR) is 191 cm³/mol. The monoisotopic (exact) mass is 812 g/mol. The van der Waals surface area contributed by atoms with E-state index in [1.54, 1.807) is 36.4 Å². The summed E-state index contributed by atoms with van der Waals surface area (Å²) in [6.07, 6.45) is -1.17. The van der Waals surface area contributed by atoms with Crippen molar-refractivity contribution in [2.24, 2.45) is 5.10 Å². The van der Waals surface area contributed by atoms with Crippen LogP contribution in [-0.2, 0) is 16.7 Å². The molecule has 0 atom stereocenters. The number of hydrogen-bond acceptors (Lipinski definition) is 7. The van der Waals surface area contributed by atoms with Gasteiger partial charge in [-0.05, 0) is 72.9 Å². The van der Waals surface area contributed by atoms with E-state index < -0.39 is 75.8 Å². The van der Waals surface area contributed by atoms with Gasteiger partial charge in [-0.3, -0.25) is 14.4 Å². The molecule has 0 unspecified atom stereocenters. The molecule has 1 fully saturated rings. The summed E-state index contributed by atoms with van der Waals surface area (Å²) in [4.78, 5) is 41.0. The van der Waals surface area contributed by atoms with E-state index in [1.807, 2.05) is 0 Å². The Hall–Kier alpha value is -5.16. The lowest BCUT2D eigenvalue weighted by molar-refractivity contribution is -0.137. The van der Waals surface area contributed by atoms with Gasteiger partial charge < -0.3 is 15.0 Å². The minimum Gasteiger partial charge on any atom is -0.420 e. The van der Waals surface area contributed by atoms with Crippen LogP contribution < -0.4 is 20.4 Å². The molecule has 1 saturated heterocycles. The van der Waals surface area contributed by atoms with E-state index in [0.29, 0.717) is 5.56 Å². The van der Waals surface area contributed by atoms with Gasteiger partial charge >= 0.3 is 12.1 Å². The molecular formula is C37H29ClF8N4O4S. The van der Waals surface area contributed by atoms with Crippen molar-refractivity contribution in [3.05, 3.63) is 123 Å². The number of piperidine rings is 1. The van der Waals surface area contributed by atoms with Crippen LogP contribution in [0.5, 0.6) is 5.75 Å². The van der Waals surface area contributed by atoms with Gasteiger partial charge in [0.2, 0.25) is 34.8 Å². The third-order valence-corrected chi connectivity index (χ3v) is 9.55. The Morgan fingerprint density at radius 3 is 2.24 bits per heavy atom. The summed E-state index contributed by atoms with van der Waals surface area (Å²) in [6.45, 7) is 1.50. The topological polar surface area (TPSA) is 100 Å². The fourth-order valence-electron chi connectivity index (χ4n) is 5.43. The van der Waals surface area contributed by atoms with E-state index in [2.05, 4.69) is 25.5 Å². The zero-order valence-electron chi connectivity index (χ0n) is 28.3. The highest BCUT2D eigenvalue weighted by atomic mass is 35.5. The molecule has 2 amide bonds. The molecule has 1 aliphatic rings. The van der Waals surface area contributed by atoms with Crippen LogP contribution in [0.25, 0.3) is 0 Å². The second kappa shape index (κ2) is 18.0. The number of carbonyl (C=O) groups is 3. The molecule has 1 heterocycles. The average molecular weight is 813 g/mol. The first-order valence-corrected chi connectivity index (χ1v) is 18.0. The summed E-state index contributed by atoms with van der Waals surface area (Å²) >= 11 is 6.84. The first-order valence-electron chi connectivity index (χ1n) is 16.4. The number of thioether (sulfide) groups is 1. The molecule has 4 aromatic carbocycles. The lowest BCUT2D eigenvalue weighted by Crippen LogP contribution is -2.30. The average Bonchev–Trinajstić information content (AvgIpc) is 3.17. The van der Waals surface area contributed by atoms with Crippen molar-refractivity contribution in [1.82, 2.24) is 5.43 Å². The summed E-state index contributed by atoms with van der Waals surface area (Å²) in [5.41, 5.74) is 2.94. The van der Waals surface area contributed by atoms with Gasteiger partial charge in [-0.1, -0.05) is 29.8 Å². The van der Waals surface area contributed by atoms with Crippen molar-refractivity contribution >= 4 is 58.7 Å². The molecule has 18 heteroatoms. The lowest BCUT2D eigenvalue weighted by atomic mass is 10.1. The van der Waals surface area contributed by atoms with Crippen LogP contribution in [0.15, 0.2) is 65.8 Å². The predicted octanol–water partition coefficient (Wildman–Crippen LogP) is 9.29. The molecule has 5 rings (SSSR count). The van der Waals surface area contributed by atoms with Gasteiger partial charge in [-0.25, -0.2) is 18.6 Å². The molecule has 0 bridgehead atoms. The number of benzene rings is 4. The summed E-state index contributed by atoms with van der Waals surface area (Å²) in [5, 5.41) is 6.04. The van der Waals surface area contributed by atoms with E-state index in [1.165, 1.54) is 12.1 Å². The van der Waals surface area contributed by atoms with Gasteiger partial charge in [0.15, 0.2) is 0 Å². The quantitative estimate of drug-likeness (QED) is 0.0216. The van der Waals surface area contributed by atoms with Crippen LogP contribution in [0.3, 0.4) is 0 Å². The minimum atomic E-state index is -4.70. The van der Waals surface area contributed by atoms with Crippen LogP contribution >= 0.6 is 23.4 Å². The van der Waals surface area contributed by atoms with Crippen molar-refractivity contribution in [2.45, 2.75) is 37.6 Å². The fourth-order valence-corrected chi connectivity index (χ4v) is 6.52. The van der Waals surface area contributed by atoms with Gasteiger partial charge in [0, 0.05) is 35.8 Å². The smallest absolute Gasteiger partial charge is 0.417 e. The standard InChI is InChI=1S/C37H29ClF8N4O4S/c38-26-9-7-20(16-25(26)37(44,45)46)18-47-49-36(53)24-17-23(50-12-2-1-3-13-50)8-10-27(24)48-35(52)22-6-4-5-21(15-22)19-55-14-11-28(51)54-34-32(42)30(40)29(39)31(41)33(34)43/h4-10,15-18H,1-3,11-14,19H2,(H,48,52)(H,49,53)/b47-18+. The summed E-state index contributed by atoms with van der Waals surface area (Å²) in [5.74, 6) is -15.4. The Labute approximate surface area is 317 Å². The number of alkyl halides is 3. The zero-order valence-corrected chi connectivity index (χ0v) is 29.9. The highest BCUT2D eigenvalue weighted by molar-refractivity contribution is 7.98. The first kappa shape index (κ1) is 41.0. The SMILES string of the molecule is O=C(CCSCc1cccc(C(=O)Nc2ccc(N3CCCCC3)cc2C(=O)N/N=C/c2ccc(Cl)c(C(F)(F)F)c2)c1)Oc1c(F)c(F)c(F)c(F)c1F. The Bertz CT molecular complexity index is 2100. The van der Waals surface area contributed by atoms with Crippen LogP contribution in [0.2, 0.25) is 5.02 Å². The second-order valence-corrected chi connectivity index (χ2v) is 13.6. The summed E-state index contributed by atoms with van der Waals surface area (Å²) < 4.78 is 112. The number of rotatable bonds is 12. The zero-order chi connectivity index (χ0) is 39.9. The van der Waals surface area contributed by atoms with E-state index in [4.69, 9.17) is 11.6 Å². The molecule has 1 aliphatic heterocycles. The number of ether oxygens (including phenoxy) is 1. The molecule has 0 saturated carbocycles. The molecule has 0 radical (unpaired) electrons. The first-order chi connectivity index (χ1) is 26.1. The highest BCUT2D eigenvalue weighted by Crippen LogP contribution is 2.35. The van der Waals surface area contributed by atoms with Crippen LogP contribution in [0, 0.1) is 29.1 Å².